The molecule has 0 saturated heterocycles. The van der Waals surface area contributed by atoms with Gasteiger partial charge in [-0.15, -0.1) is 13.2 Å². The minimum absolute atomic E-state index is 0.721. The molecule has 0 atom stereocenters. The van der Waals surface area contributed by atoms with Gasteiger partial charge in [-0.25, -0.2) is 0 Å². The zero-order valence-electron chi connectivity index (χ0n) is 20.4. The van der Waals surface area contributed by atoms with Crippen LogP contribution in [-0.4, -0.2) is 27.4 Å². The summed E-state index contributed by atoms with van der Waals surface area (Å²) in [5.41, 5.74) is 2.36. The van der Waals surface area contributed by atoms with Crippen LogP contribution in [0.1, 0.15) is 56.1 Å². The van der Waals surface area contributed by atoms with Gasteiger partial charge >= 0.3 is 0 Å². The van der Waals surface area contributed by atoms with Gasteiger partial charge < -0.3 is 18.9 Å². The predicted molar refractivity (Wildman–Crippen MR) is 137 cm³/mol. The molecule has 33 heavy (non-hydrogen) atoms. The Bertz CT molecular complexity index is 774. The minimum atomic E-state index is 0.721. The van der Waals surface area contributed by atoms with Crippen molar-refractivity contribution in [3.05, 3.63) is 72.8 Å². The van der Waals surface area contributed by atoms with Crippen molar-refractivity contribution >= 4 is 0 Å². The summed E-state index contributed by atoms with van der Waals surface area (Å²) in [6.07, 6.45) is 13.6. The molecule has 0 fully saturated rings. The van der Waals surface area contributed by atoms with Gasteiger partial charge in [-0.3, -0.25) is 0 Å². The van der Waals surface area contributed by atoms with Crippen LogP contribution < -0.4 is 18.9 Å². The molecule has 0 N–H and O–H groups in total. The highest BCUT2D eigenvalue weighted by atomic mass is 16.5. The van der Waals surface area contributed by atoms with Crippen molar-refractivity contribution in [2.45, 2.75) is 57.8 Å². The molecule has 0 saturated carbocycles. The largest absolute Gasteiger partial charge is 0.493 e. The molecule has 0 bridgehead atoms. The van der Waals surface area contributed by atoms with Gasteiger partial charge in [0.25, 0.3) is 0 Å². The quantitative estimate of drug-likeness (QED) is 0.175. The van der Waals surface area contributed by atoms with Gasteiger partial charge in [0.05, 0.1) is 27.4 Å². The van der Waals surface area contributed by atoms with E-state index in [2.05, 4.69) is 25.3 Å². The zero-order valence-corrected chi connectivity index (χ0v) is 20.4. The Kier molecular flexibility index (Phi) is 12.7. The maximum absolute atomic E-state index is 5.92. The van der Waals surface area contributed by atoms with Crippen LogP contribution in [0.3, 0.4) is 0 Å². The van der Waals surface area contributed by atoms with E-state index in [1.807, 2.05) is 36.4 Å². The average molecular weight is 453 g/mol. The van der Waals surface area contributed by atoms with E-state index in [9.17, 15) is 0 Å². The Balaban J connectivity index is 1.52. The van der Waals surface area contributed by atoms with Crippen molar-refractivity contribution in [2.75, 3.05) is 27.4 Å². The van der Waals surface area contributed by atoms with Gasteiger partial charge in [0, 0.05) is 0 Å². The Morgan fingerprint density at radius 2 is 0.970 bits per heavy atom. The van der Waals surface area contributed by atoms with Crippen LogP contribution in [0.25, 0.3) is 0 Å². The van der Waals surface area contributed by atoms with Gasteiger partial charge in [-0.1, -0.05) is 56.4 Å². The van der Waals surface area contributed by atoms with Crippen molar-refractivity contribution in [3.8, 4) is 23.0 Å². The number of ether oxygens (including phenoxy) is 4. The number of hydrogen-bond acceptors (Lipinski definition) is 4. The Morgan fingerprint density at radius 3 is 1.33 bits per heavy atom. The van der Waals surface area contributed by atoms with Gasteiger partial charge in [0.2, 0.25) is 0 Å². The number of benzene rings is 2. The van der Waals surface area contributed by atoms with E-state index in [0.717, 1.165) is 61.9 Å². The second kappa shape index (κ2) is 15.8. The lowest BCUT2D eigenvalue weighted by Gasteiger charge is -2.12. The molecular weight excluding hydrogens is 412 g/mol. The Morgan fingerprint density at radius 1 is 0.576 bits per heavy atom. The third-order valence-electron chi connectivity index (χ3n) is 5.52. The van der Waals surface area contributed by atoms with Crippen molar-refractivity contribution in [2.24, 2.45) is 0 Å². The smallest absolute Gasteiger partial charge is 0.161 e. The molecule has 0 aromatic heterocycles. The fourth-order valence-electron chi connectivity index (χ4n) is 3.70. The van der Waals surface area contributed by atoms with Crippen LogP contribution in [0.4, 0.5) is 0 Å². The molecule has 0 amide bonds. The van der Waals surface area contributed by atoms with Crippen molar-refractivity contribution in [1.29, 1.82) is 0 Å². The molecule has 2 rings (SSSR count). The molecule has 180 valence electrons. The third-order valence-corrected chi connectivity index (χ3v) is 5.52. The minimum Gasteiger partial charge on any atom is -0.493 e. The highest BCUT2D eigenvalue weighted by molar-refractivity contribution is 5.44. The first-order valence-corrected chi connectivity index (χ1v) is 12.0. The number of methoxy groups -OCH3 is 2. The van der Waals surface area contributed by atoms with E-state index >= 15 is 0 Å². The topological polar surface area (TPSA) is 36.9 Å². The van der Waals surface area contributed by atoms with Gasteiger partial charge in [-0.2, -0.15) is 0 Å². The predicted octanol–water partition coefficient (Wildman–Crippen LogP) is 7.35. The van der Waals surface area contributed by atoms with Crippen LogP contribution >= 0.6 is 0 Å². The second-order valence-corrected chi connectivity index (χ2v) is 8.13. The average Bonchev–Trinajstić information content (AvgIpc) is 2.84. The van der Waals surface area contributed by atoms with Crippen molar-refractivity contribution in [3.63, 3.8) is 0 Å². The molecule has 4 nitrogen and oxygen atoms in total. The first-order valence-electron chi connectivity index (χ1n) is 12.0. The normalized spacial score (nSPS) is 10.5. The summed E-state index contributed by atoms with van der Waals surface area (Å²) in [7, 11) is 3.36. The van der Waals surface area contributed by atoms with Gasteiger partial charge in [0.15, 0.2) is 23.0 Å². The van der Waals surface area contributed by atoms with Crippen molar-refractivity contribution in [1.82, 2.24) is 0 Å². The summed E-state index contributed by atoms with van der Waals surface area (Å²) in [6.45, 7) is 9.00. The highest BCUT2D eigenvalue weighted by Crippen LogP contribution is 2.29. The van der Waals surface area contributed by atoms with Crippen LogP contribution in [0.15, 0.2) is 61.7 Å². The molecule has 0 aliphatic carbocycles. The lowest BCUT2D eigenvalue weighted by Crippen LogP contribution is -2.00. The lowest BCUT2D eigenvalue weighted by atomic mass is 10.1. The summed E-state index contributed by atoms with van der Waals surface area (Å²) in [6, 6.07) is 12.2. The molecule has 0 radical (unpaired) electrons. The molecule has 0 spiro atoms. The summed E-state index contributed by atoms with van der Waals surface area (Å²) in [4.78, 5) is 0. The summed E-state index contributed by atoms with van der Waals surface area (Å²) < 4.78 is 22.7. The van der Waals surface area contributed by atoms with Crippen LogP contribution in [0.2, 0.25) is 0 Å². The summed E-state index contributed by atoms with van der Waals surface area (Å²) in [5, 5.41) is 0. The van der Waals surface area contributed by atoms with Crippen LogP contribution in [0.5, 0.6) is 23.0 Å². The van der Waals surface area contributed by atoms with Crippen LogP contribution in [0, 0.1) is 0 Å². The Labute approximate surface area is 200 Å². The number of unbranched alkanes of at least 4 members (excludes halogenated alkanes) is 6. The standard InChI is InChI=1S/C29H40O4/c1-5-14-24-16-18-26(28(22-24)30-3)32-20-12-10-8-7-9-11-13-21-33-27-19-17-25(15-6-2)23-29(27)31-4/h5-6,16-19,22-23H,1-2,7-15,20-21H2,3-4H3. The van der Waals surface area contributed by atoms with Gasteiger partial charge in [-0.05, 0) is 61.1 Å². The summed E-state index contributed by atoms with van der Waals surface area (Å²) >= 11 is 0. The maximum atomic E-state index is 5.92. The van der Waals surface area contributed by atoms with Crippen molar-refractivity contribution < 1.29 is 18.9 Å². The number of rotatable bonds is 18. The SMILES string of the molecule is C=CCc1ccc(OCCCCCCCCCOc2ccc(CC=C)cc2OC)c(OC)c1. The molecule has 0 unspecified atom stereocenters. The second-order valence-electron chi connectivity index (χ2n) is 8.13. The van der Waals surface area contributed by atoms with E-state index in [1.54, 1.807) is 14.2 Å². The molecule has 0 heterocycles. The zero-order chi connectivity index (χ0) is 23.7. The molecule has 0 aliphatic heterocycles. The number of allylic oxidation sites excluding steroid dienone is 2. The monoisotopic (exact) mass is 452 g/mol. The molecule has 2 aromatic carbocycles. The molecule has 4 heteroatoms. The van der Waals surface area contributed by atoms with Gasteiger partial charge in [0.1, 0.15) is 0 Å². The fraction of sp³-hybridized carbons (Fsp3) is 0.448. The summed E-state index contributed by atoms with van der Waals surface area (Å²) in [5.74, 6) is 3.22. The first-order chi connectivity index (χ1) is 16.2. The van der Waals surface area contributed by atoms with E-state index in [1.165, 1.54) is 43.2 Å². The van der Waals surface area contributed by atoms with Crippen LogP contribution in [-0.2, 0) is 12.8 Å². The first kappa shape index (κ1) is 26.4. The lowest BCUT2D eigenvalue weighted by molar-refractivity contribution is 0.281. The fourth-order valence-corrected chi connectivity index (χ4v) is 3.70. The molecule has 0 aliphatic rings. The molecular formula is C29H40O4. The maximum Gasteiger partial charge on any atom is 0.161 e. The highest BCUT2D eigenvalue weighted by Gasteiger charge is 2.06. The number of hydrogen-bond donors (Lipinski definition) is 0. The Hall–Kier alpha value is -2.88. The van der Waals surface area contributed by atoms with E-state index in [0.29, 0.717) is 0 Å². The molecule has 2 aromatic rings. The van der Waals surface area contributed by atoms with E-state index in [-0.39, 0.29) is 0 Å². The van der Waals surface area contributed by atoms with E-state index < -0.39 is 0 Å². The van der Waals surface area contributed by atoms with E-state index in [4.69, 9.17) is 18.9 Å². The third kappa shape index (κ3) is 9.65.